The summed E-state index contributed by atoms with van der Waals surface area (Å²) in [5, 5.41) is 2.59. The van der Waals surface area contributed by atoms with Crippen LogP contribution in [-0.2, 0) is 6.42 Å². The van der Waals surface area contributed by atoms with Gasteiger partial charge in [-0.3, -0.25) is 0 Å². The van der Waals surface area contributed by atoms with Crippen LogP contribution >= 0.6 is 0 Å². The predicted octanol–water partition coefficient (Wildman–Crippen LogP) is 5.25. The van der Waals surface area contributed by atoms with E-state index in [1.54, 1.807) is 21.3 Å². The third-order valence-corrected chi connectivity index (χ3v) is 5.56. The standard InChI is InChI=1S/C23H24O3/c1-14-5-6-16-9-12-18(15-7-10-17(24-2)11-8-15)22-21(16)19(14)13-20(25-3)23(22)26-4/h5-8,10-11,13,18H,9,12H2,1-4H3. The summed E-state index contributed by atoms with van der Waals surface area (Å²) in [6.45, 7) is 2.16. The van der Waals surface area contributed by atoms with Crippen molar-refractivity contribution in [3.63, 3.8) is 0 Å². The van der Waals surface area contributed by atoms with Crippen LogP contribution in [0.15, 0.2) is 42.5 Å². The van der Waals surface area contributed by atoms with E-state index in [0.29, 0.717) is 0 Å². The van der Waals surface area contributed by atoms with E-state index < -0.39 is 0 Å². The van der Waals surface area contributed by atoms with Gasteiger partial charge in [0.05, 0.1) is 21.3 Å². The van der Waals surface area contributed by atoms with E-state index in [1.807, 2.05) is 12.1 Å². The first-order valence-electron chi connectivity index (χ1n) is 8.99. The van der Waals surface area contributed by atoms with Crippen molar-refractivity contribution in [3.8, 4) is 17.2 Å². The third kappa shape index (κ3) is 2.50. The highest BCUT2D eigenvalue weighted by molar-refractivity contribution is 5.96. The van der Waals surface area contributed by atoms with Gasteiger partial charge in [0.2, 0.25) is 0 Å². The maximum Gasteiger partial charge on any atom is 0.165 e. The van der Waals surface area contributed by atoms with Gasteiger partial charge in [-0.25, -0.2) is 0 Å². The van der Waals surface area contributed by atoms with Crippen LogP contribution in [0.3, 0.4) is 0 Å². The molecule has 1 unspecified atom stereocenters. The van der Waals surface area contributed by atoms with Gasteiger partial charge in [-0.15, -0.1) is 0 Å². The third-order valence-electron chi connectivity index (χ3n) is 5.56. The van der Waals surface area contributed by atoms with Gasteiger partial charge in [0.1, 0.15) is 5.75 Å². The SMILES string of the molecule is COc1ccc(C2CCc3ccc(C)c4cc(OC)c(OC)c2c34)cc1. The Kier molecular flexibility index (Phi) is 4.23. The molecule has 134 valence electrons. The fourth-order valence-electron chi connectivity index (χ4n) is 4.23. The second-order valence-corrected chi connectivity index (χ2v) is 6.85. The molecule has 0 N–H and O–H groups in total. The summed E-state index contributed by atoms with van der Waals surface area (Å²) in [4.78, 5) is 0. The van der Waals surface area contributed by atoms with E-state index in [-0.39, 0.29) is 5.92 Å². The number of hydrogen-bond acceptors (Lipinski definition) is 3. The molecular weight excluding hydrogens is 324 g/mol. The summed E-state index contributed by atoms with van der Waals surface area (Å²) < 4.78 is 16.8. The normalized spacial score (nSPS) is 15.8. The topological polar surface area (TPSA) is 27.7 Å². The Labute approximate surface area is 154 Å². The van der Waals surface area contributed by atoms with Crippen molar-refractivity contribution in [3.05, 3.63) is 64.7 Å². The number of benzene rings is 3. The van der Waals surface area contributed by atoms with Crippen molar-refractivity contribution in [2.24, 2.45) is 0 Å². The molecule has 1 aliphatic rings. The summed E-state index contributed by atoms with van der Waals surface area (Å²) in [6.07, 6.45) is 2.12. The highest BCUT2D eigenvalue weighted by atomic mass is 16.5. The molecule has 0 radical (unpaired) electrons. The highest BCUT2D eigenvalue weighted by Gasteiger charge is 2.29. The molecule has 0 fully saturated rings. The lowest BCUT2D eigenvalue weighted by molar-refractivity contribution is 0.350. The summed E-state index contributed by atoms with van der Waals surface area (Å²) in [5.41, 5.74) is 5.19. The van der Waals surface area contributed by atoms with Crippen molar-refractivity contribution in [1.82, 2.24) is 0 Å². The summed E-state index contributed by atoms with van der Waals surface area (Å²) in [5.74, 6) is 2.81. The second kappa shape index (κ2) is 6.56. The Morgan fingerprint density at radius 3 is 2.31 bits per heavy atom. The zero-order valence-electron chi connectivity index (χ0n) is 15.8. The van der Waals surface area contributed by atoms with Crippen LogP contribution in [0.5, 0.6) is 17.2 Å². The van der Waals surface area contributed by atoms with Gasteiger partial charge in [0, 0.05) is 11.5 Å². The van der Waals surface area contributed by atoms with Crippen molar-refractivity contribution in [2.45, 2.75) is 25.7 Å². The summed E-state index contributed by atoms with van der Waals surface area (Å²) >= 11 is 0. The molecule has 3 nitrogen and oxygen atoms in total. The minimum Gasteiger partial charge on any atom is -0.497 e. The van der Waals surface area contributed by atoms with Gasteiger partial charge >= 0.3 is 0 Å². The molecule has 0 aliphatic heterocycles. The smallest absolute Gasteiger partial charge is 0.165 e. The van der Waals surface area contributed by atoms with Crippen LogP contribution in [0.1, 0.15) is 34.6 Å². The average Bonchev–Trinajstić information content (AvgIpc) is 2.70. The van der Waals surface area contributed by atoms with Gasteiger partial charge in [0.15, 0.2) is 11.5 Å². The minimum atomic E-state index is 0.280. The first-order valence-corrected chi connectivity index (χ1v) is 8.99. The zero-order chi connectivity index (χ0) is 18.3. The molecular formula is C23H24O3. The first-order chi connectivity index (χ1) is 12.7. The van der Waals surface area contributed by atoms with Gasteiger partial charge in [-0.05, 0) is 65.4 Å². The van der Waals surface area contributed by atoms with Gasteiger partial charge < -0.3 is 14.2 Å². The molecule has 0 amide bonds. The second-order valence-electron chi connectivity index (χ2n) is 6.85. The molecule has 1 aliphatic carbocycles. The molecule has 0 aromatic heterocycles. The maximum atomic E-state index is 5.84. The first kappa shape index (κ1) is 16.8. The fourth-order valence-corrected chi connectivity index (χ4v) is 4.23. The number of aryl methyl sites for hydroxylation is 2. The van der Waals surface area contributed by atoms with Crippen molar-refractivity contribution < 1.29 is 14.2 Å². The Morgan fingerprint density at radius 1 is 0.885 bits per heavy atom. The summed E-state index contributed by atoms with van der Waals surface area (Å²) in [7, 11) is 5.14. The Morgan fingerprint density at radius 2 is 1.65 bits per heavy atom. The molecule has 0 heterocycles. The average molecular weight is 348 g/mol. The van der Waals surface area contributed by atoms with E-state index in [1.165, 1.54) is 33.0 Å². The van der Waals surface area contributed by atoms with E-state index in [9.17, 15) is 0 Å². The van der Waals surface area contributed by atoms with Crippen molar-refractivity contribution in [2.75, 3.05) is 21.3 Å². The Hall–Kier alpha value is -2.68. The number of ether oxygens (including phenoxy) is 3. The van der Waals surface area contributed by atoms with Crippen LogP contribution < -0.4 is 14.2 Å². The molecule has 3 aromatic carbocycles. The van der Waals surface area contributed by atoms with E-state index in [0.717, 1.165) is 30.1 Å². The van der Waals surface area contributed by atoms with Crippen LogP contribution in [0.4, 0.5) is 0 Å². The quantitative estimate of drug-likeness (QED) is 0.644. The van der Waals surface area contributed by atoms with Crippen LogP contribution in [-0.4, -0.2) is 21.3 Å². The van der Waals surface area contributed by atoms with Crippen molar-refractivity contribution >= 4 is 10.8 Å². The van der Waals surface area contributed by atoms with Crippen LogP contribution in [0.2, 0.25) is 0 Å². The molecule has 0 saturated carbocycles. The number of hydrogen-bond donors (Lipinski definition) is 0. The van der Waals surface area contributed by atoms with Crippen LogP contribution in [0.25, 0.3) is 10.8 Å². The lowest BCUT2D eigenvalue weighted by Crippen LogP contribution is -2.13. The van der Waals surface area contributed by atoms with E-state index in [2.05, 4.69) is 37.3 Å². The lowest BCUT2D eigenvalue weighted by atomic mass is 9.76. The maximum absolute atomic E-state index is 5.84. The molecule has 1 atom stereocenters. The van der Waals surface area contributed by atoms with Gasteiger partial charge in [-0.2, -0.15) is 0 Å². The highest BCUT2D eigenvalue weighted by Crippen LogP contribution is 2.49. The molecule has 0 spiro atoms. The Bertz CT molecular complexity index is 958. The molecule has 3 aromatic rings. The van der Waals surface area contributed by atoms with E-state index in [4.69, 9.17) is 14.2 Å². The molecule has 3 heteroatoms. The van der Waals surface area contributed by atoms with Crippen LogP contribution in [0, 0.1) is 6.92 Å². The molecule has 0 saturated heterocycles. The van der Waals surface area contributed by atoms with E-state index >= 15 is 0 Å². The lowest BCUT2D eigenvalue weighted by Gasteiger charge is -2.29. The minimum absolute atomic E-state index is 0.280. The molecule has 26 heavy (non-hydrogen) atoms. The van der Waals surface area contributed by atoms with Gasteiger partial charge in [-0.1, -0.05) is 24.3 Å². The van der Waals surface area contributed by atoms with Gasteiger partial charge in [0.25, 0.3) is 0 Å². The zero-order valence-corrected chi connectivity index (χ0v) is 15.8. The summed E-state index contributed by atoms with van der Waals surface area (Å²) in [6, 6.07) is 15.0. The molecule has 4 rings (SSSR count). The molecule has 0 bridgehead atoms. The predicted molar refractivity (Wildman–Crippen MR) is 105 cm³/mol. The Balaban J connectivity index is 2.01. The number of rotatable bonds is 4. The fraction of sp³-hybridized carbons (Fsp3) is 0.304. The van der Waals surface area contributed by atoms with Crippen molar-refractivity contribution in [1.29, 1.82) is 0 Å². The largest absolute Gasteiger partial charge is 0.497 e. The monoisotopic (exact) mass is 348 g/mol. The number of methoxy groups -OCH3 is 3.